The van der Waals surface area contributed by atoms with Crippen molar-refractivity contribution < 1.29 is 18.7 Å². The third-order valence-corrected chi connectivity index (χ3v) is 4.65. The molecule has 0 unspecified atom stereocenters. The first kappa shape index (κ1) is 18.6. The van der Waals surface area contributed by atoms with E-state index in [0.717, 1.165) is 16.7 Å². The Morgan fingerprint density at radius 3 is 2.38 bits per heavy atom. The van der Waals surface area contributed by atoms with Crippen LogP contribution in [0.4, 0.5) is 9.18 Å². The van der Waals surface area contributed by atoms with Crippen molar-refractivity contribution in [3.05, 3.63) is 101 Å². The average molecular weight is 387 g/mol. The monoisotopic (exact) mass is 387 g/mol. The first-order valence-corrected chi connectivity index (χ1v) is 9.11. The molecule has 4 nitrogen and oxygen atoms in total. The lowest BCUT2D eigenvalue weighted by Crippen LogP contribution is -2.19. The molecule has 1 saturated heterocycles. The van der Waals surface area contributed by atoms with Gasteiger partial charge in [0, 0.05) is 11.1 Å². The van der Waals surface area contributed by atoms with Crippen molar-refractivity contribution in [3.63, 3.8) is 0 Å². The van der Waals surface area contributed by atoms with Gasteiger partial charge in [0.05, 0.1) is 13.2 Å². The van der Waals surface area contributed by atoms with E-state index in [1.54, 1.807) is 19.2 Å². The number of rotatable bonds is 3. The zero-order valence-electron chi connectivity index (χ0n) is 15.7. The van der Waals surface area contributed by atoms with Gasteiger partial charge in [-0.2, -0.15) is 0 Å². The van der Waals surface area contributed by atoms with Gasteiger partial charge in [-0.05, 0) is 53.6 Å². The highest BCUT2D eigenvalue weighted by Gasteiger charge is 2.36. The lowest BCUT2D eigenvalue weighted by Gasteiger charge is -2.18. The standard InChI is InChI=1S/C24H18FNO3/c1-28-21-10-4-8-19(15-21)23-22(26-24(27)29-23)18-7-2-5-16(13-18)11-12-17-6-3-9-20(25)14-17/h2-10,13-15,22-23H,1H3,(H,26,27)/t22-,23-/m1/s1. The maximum atomic E-state index is 13.3. The zero-order valence-corrected chi connectivity index (χ0v) is 15.7. The number of hydrogen-bond acceptors (Lipinski definition) is 3. The number of nitrogens with one attached hydrogen (secondary N) is 1. The summed E-state index contributed by atoms with van der Waals surface area (Å²) in [5.74, 6) is 6.38. The molecule has 1 amide bonds. The fourth-order valence-corrected chi connectivity index (χ4v) is 3.28. The second-order valence-corrected chi connectivity index (χ2v) is 6.61. The van der Waals surface area contributed by atoms with E-state index in [4.69, 9.17) is 9.47 Å². The topological polar surface area (TPSA) is 47.6 Å². The highest BCUT2D eigenvalue weighted by Crippen LogP contribution is 2.37. The maximum absolute atomic E-state index is 13.3. The zero-order chi connectivity index (χ0) is 20.2. The van der Waals surface area contributed by atoms with Crippen LogP contribution in [0.3, 0.4) is 0 Å². The SMILES string of the molecule is COc1cccc([C@H]2OC(=O)N[C@@H]2c2cccc(C#Cc3cccc(F)c3)c2)c1. The number of halogens is 1. The van der Waals surface area contributed by atoms with Gasteiger partial charge in [0.1, 0.15) is 11.6 Å². The summed E-state index contributed by atoms with van der Waals surface area (Å²) < 4.78 is 24.1. The molecule has 1 heterocycles. The predicted molar refractivity (Wildman–Crippen MR) is 107 cm³/mol. The van der Waals surface area contributed by atoms with E-state index in [2.05, 4.69) is 17.2 Å². The van der Waals surface area contributed by atoms with Crippen LogP contribution < -0.4 is 10.1 Å². The molecule has 3 aromatic rings. The van der Waals surface area contributed by atoms with Gasteiger partial charge >= 0.3 is 6.09 Å². The third-order valence-electron chi connectivity index (χ3n) is 4.65. The van der Waals surface area contributed by atoms with Gasteiger partial charge in [0.25, 0.3) is 0 Å². The minimum absolute atomic E-state index is 0.322. The Bertz CT molecular complexity index is 1120. The van der Waals surface area contributed by atoms with Gasteiger partial charge in [0.2, 0.25) is 0 Å². The van der Waals surface area contributed by atoms with E-state index >= 15 is 0 Å². The van der Waals surface area contributed by atoms with Crippen LogP contribution in [0.25, 0.3) is 0 Å². The Kier molecular flexibility index (Phi) is 5.17. The lowest BCUT2D eigenvalue weighted by molar-refractivity contribution is 0.132. The van der Waals surface area contributed by atoms with Gasteiger partial charge in [-0.3, -0.25) is 0 Å². The second-order valence-electron chi connectivity index (χ2n) is 6.61. The van der Waals surface area contributed by atoms with Crippen LogP contribution in [-0.4, -0.2) is 13.2 Å². The lowest BCUT2D eigenvalue weighted by atomic mass is 9.95. The van der Waals surface area contributed by atoms with Gasteiger partial charge in [0.15, 0.2) is 6.10 Å². The second kappa shape index (κ2) is 8.07. The van der Waals surface area contributed by atoms with Gasteiger partial charge in [-0.25, -0.2) is 9.18 Å². The highest BCUT2D eigenvalue weighted by molar-refractivity contribution is 5.71. The molecule has 144 valence electrons. The van der Waals surface area contributed by atoms with E-state index in [9.17, 15) is 9.18 Å². The quantitative estimate of drug-likeness (QED) is 0.660. The summed E-state index contributed by atoms with van der Waals surface area (Å²) in [6.07, 6.45) is -0.955. The average Bonchev–Trinajstić information content (AvgIpc) is 3.14. The van der Waals surface area contributed by atoms with E-state index in [1.165, 1.54) is 12.1 Å². The van der Waals surface area contributed by atoms with Crippen LogP contribution in [-0.2, 0) is 4.74 Å². The summed E-state index contributed by atoms with van der Waals surface area (Å²) in [5.41, 5.74) is 3.07. The van der Waals surface area contributed by atoms with Crippen LogP contribution in [0.2, 0.25) is 0 Å². The van der Waals surface area contributed by atoms with Crippen molar-refractivity contribution >= 4 is 6.09 Å². The molecule has 5 heteroatoms. The maximum Gasteiger partial charge on any atom is 0.408 e. The normalized spacial score (nSPS) is 17.7. The molecular weight excluding hydrogens is 369 g/mol. The number of amides is 1. The van der Waals surface area contributed by atoms with Crippen molar-refractivity contribution in [3.8, 4) is 17.6 Å². The van der Waals surface area contributed by atoms with E-state index in [1.807, 2.05) is 48.5 Å². The molecule has 0 spiro atoms. The van der Waals surface area contributed by atoms with Crippen molar-refractivity contribution in [2.75, 3.05) is 7.11 Å². The number of carbonyl (C=O) groups is 1. The van der Waals surface area contributed by atoms with Gasteiger partial charge < -0.3 is 14.8 Å². The molecule has 0 aliphatic carbocycles. The Labute approximate surface area is 168 Å². The number of methoxy groups -OCH3 is 1. The first-order valence-electron chi connectivity index (χ1n) is 9.11. The van der Waals surface area contributed by atoms with Crippen molar-refractivity contribution in [2.24, 2.45) is 0 Å². The minimum atomic E-state index is -0.482. The van der Waals surface area contributed by atoms with E-state index in [0.29, 0.717) is 11.3 Å². The van der Waals surface area contributed by atoms with E-state index < -0.39 is 12.2 Å². The third kappa shape index (κ3) is 4.22. The molecule has 1 N–H and O–H groups in total. The van der Waals surface area contributed by atoms with Crippen LogP contribution in [0.5, 0.6) is 5.75 Å². The number of carbonyl (C=O) groups excluding carboxylic acids is 1. The molecule has 0 radical (unpaired) electrons. The van der Waals surface area contributed by atoms with Gasteiger partial charge in [-0.15, -0.1) is 0 Å². The van der Waals surface area contributed by atoms with Crippen LogP contribution in [0.15, 0.2) is 72.8 Å². The molecule has 0 saturated carbocycles. The smallest absolute Gasteiger partial charge is 0.408 e. The molecule has 1 fully saturated rings. The summed E-state index contributed by atoms with van der Waals surface area (Å²) in [6, 6.07) is 20.8. The number of ether oxygens (including phenoxy) is 2. The van der Waals surface area contributed by atoms with Crippen molar-refractivity contribution in [2.45, 2.75) is 12.1 Å². The molecule has 2 atom stereocenters. The van der Waals surface area contributed by atoms with Crippen LogP contribution in [0.1, 0.15) is 34.4 Å². The van der Waals surface area contributed by atoms with Gasteiger partial charge in [-0.1, -0.05) is 42.2 Å². The summed E-state index contributed by atoms with van der Waals surface area (Å²) in [5, 5.41) is 2.86. The number of cyclic esters (lactones) is 1. The Morgan fingerprint density at radius 1 is 0.931 bits per heavy atom. The molecule has 1 aliphatic heterocycles. The van der Waals surface area contributed by atoms with Crippen LogP contribution >= 0.6 is 0 Å². The van der Waals surface area contributed by atoms with E-state index in [-0.39, 0.29) is 11.9 Å². The molecule has 4 rings (SSSR count). The fraction of sp³-hybridized carbons (Fsp3) is 0.125. The highest BCUT2D eigenvalue weighted by atomic mass is 19.1. The minimum Gasteiger partial charge on any atom is -0.497 e. The predicted octanol–water partition coefficient (Wildman–Crippen LogP) is 4.76. The Morgan fingerprint density at radius 2 is 1.62 bits per heavy atom. The molecule has 3 aromatic carbocycles. The molecule has 29 heavy (non-hydrogen) atoms. The fourth-order valence-electron chi connectivity index (χ4n) is 3.28. The summed E-state index contributed by atoms with van der Waals surface area (Å²) in [7, 11) is 1.59. The Balaban J connectivity index is 1.63. The number of benzene rings is 3. The largest absolute Gasteiger partial charge is 0.497 e. The Hall–Kier alpha value is -3.78. The number of hydrogen-bond donors (Lipinski definition) is 1. The van der Waals surface area contributed by atoms with Crippen LogP contribution in [0, 0.1) is 17.7 Å². The molecular formula is C24H18FNO3. The number of alkyl carbamates (subject to hydrolysis) is 1. The first-order chi connectivity index (χ1) is 14.1. The molecule has 1 aliphatic rings. The van der Waals surface area contributed by atoms with Crippen molar-refractivity contribution in [1.29, 1.82) is 0 Å². The van der Waals surface area contributed by atoms with Crippen molar-refractivity contribution in [1.82, 2.24) is 5.32 Å². The molecule has 0 aromatic heterocycles. The summed E-state index contributed by atoms with van der Waals surface area (Å²) in [6.45, 7) is 0. The molecule has 0 bridgehead atoms. The summed E-state index contributed by atoms with van der Waals surface area (Å²) >= 11 is 0. The summed E-state index contributed by atoms with van der Waals surface area (Å²) in [4.78, 5) is 12.0.